The minimum absolute atomic E-state index is 0.641. The smallest absolute Gasteiger partial charge is 0.123 e. The summed E-state index contributed by atoms with van der Waals surface area (Å²) >= 11 is 1.83. The number of nitrogens with zero attached hydrogens (tertiary/aromatic N) is 1. The second-order valence-electron chi connectivity index (χ2n) is 5.82. The molecule has 2 rings (SSSR count). The molecule has 0 saturated heterocycles. The normalized spacial score (nSPS) is 11.3. The highest BCUT2D eigenvalue weighted by Crippen LogP contribution is 2.29. The Balaban J connectivity index is 2.27. The van der Waals surface area contributed by atoms with Crippen LogP contribution in [0.15, 0.2) is 24.3 Å². The number of benzene rings is 1. The number of hydrogen-bond acceptors (Lipinski definition) is 3. The zero-order chi connectivity index (χ0) is 15.2. The molecule has 1 N–H and O–H groups in total. The van der Waals surface area contributed by atoms with Gasteiger partial charge in [-0.2, -0.15) is 0 Å². The molecule has 0 amide bonds. The molecular weight excluding hydrogens is 276 g/mol. The lowest BCUT2D eigenvalue weighted by Crippen LogP contribution is -2.12. The minimum Gasteiger partial charge on any atom is -0.312 e. The molecule has 0 atom stereocenters. The van der Waals surface area contributed by atoms with Crippen LogP contribution >= 0.6 is 11.3 Å². The summed E-state index contributed by atoms with van der Waals surface area (Å²) in [5, 5.41) is 4.59. The maximum absolute atomic E-state index is 4.91. The summed E-state index contributed by atoms with van der Waals surface area (Å²) in [4.78, 5) is 6.30. The van der Waals surface area contributed by atoms with Crippen molar-refractivity contribution in [3.63, 3.8) is 0 Å². The van der Waals surface area contributed by atoms with E-state index in [4.69, 9.17) is 4.98 Å². The maximum Gasteiger partial charge on any atom is 0.123 e. The van der Waals surface area contributed by atoms with Crippen molar-refractivity contribution >= 4 is 11.3 Å². The van der Waals surface area contributed by atoms with Crippen molar-refractivity contribution in [1.29, 1.82) is 0 Å². The van der Waals surface area contributed by atoms with Crippen molar-refractivity contribution in [2.24, 2.45) is 5.92 Å². The molecule has 3 heteroatoms. The van der Waals surface area contributed by atoms with Gasteiger partial charge in [-0.1, -0.05) is 52.0 Å². The summed E-state index contributed by atoms with van der Waals surface area (Å²) in [5.41, 5.74) is 3.89. The summed E-state index contributed by atoms with van der Waals surface area (Å²) in [7, 11) is 0. The molecule has 2 aromatic rings. The first kappa shape index (κ1) is 16.2. The van der Waals surface area contributed by atoms with E-state index in [-0.39, 0.29) is 0 Å². The Morgan fingerprint density at radius 1 is 1.14 bits per heavy atom. The average Bonchev–Trinajstić information content (AvgIpc) is 2.87. The van der Waals surface area contributed by atoms with Gasteiger partial charge >= 0.3 is 0 Å². The molecule has 1 heterocycles. The van der Waals surface area contributed by atoms with Crippen molar-refractivity contribution in [3.8, 4) is 10.6 Å². The van der Waals surface area contributed by atoms with Gasteiger partial charge in [-0.15, -0.1) is 11.3 Å². The SMILES string of the molecule is CCNCc1sc(-c2ccc(CC)cc2)nc1CC(C)C. The summed E-state index contributed by atoms with van der Waals surface area (Å²) in [5.74, 6) is 0.641. The molecule has 0 spiro atoms. The van der Waals surface area contributed by atoms with Crippen LogP contribution in [0.5, 0.6) is 0 Å². The van der Waals surface area contributed by atoms with Gasteiger partial charge in [-0.25, -0.2) is 4.98 Å². The topological polar surface area (TPSA) is 24.9 Å². The molecule has 1 aromatic heterocycles. The second-order valence-corrected chi connectivity index (χ2v) is 6.90. The molecule has 0 aliphatic heterocycles. The van der Waals surface area contributed by atoms with Crippen LogP contribution in [0.1, 0.15) is 43.8 Å². The highest BCUT2D eigenvalue weighted by atomic mass is 32.1. The van der Waals surface area contributed by atoms with E-state index in [1.54, 1.807) is 0 Å². The molecule has 0 aliphatic rings. The van der Waals surface area contributed by atoms with E-state index in [0.717, 1.165) is 30.9 Å². The van der Waals surface area contributed by atoms with Crippen LogP contribution in [0.25, 0.3) is 10.6 Å². The van der Waals surface area contributed by atoms with Crippen LogP contribution in [0.4, 0.5) is 0 Å². The van der Waals surface area contributed by atoms with Crippen molar-refractivity contribution in [2.45, 2.75) is 47.1 Å². The van der Waals surface area contributed by atoms with E-state index in [0.29, 0.717) is 5.92 Å². The van der Waals surface area contributed by atoms with Crippen molar-refractivity contribution in [2.75, 3.05) is 6.54 Å². The van der Waals surface area contributed by atoms with E-state index < -0.39 is 0 Å². The Bertz CT molecular complexity index is 555. The molecule has 0 aliphatic carbocycles. The fourth-order valence-electron chi connectivity index (χ4n) is 2.31. The van der Waals surface area contributed by atoms with E-state index in [2.05, 4.69) is 57.3 Å². The summed E-state index contributed by atoms with van der Waals surface area (Å²) in [6.07, 6.45) is 2.15. The van der Waals surface area contributed by atoms with E-state index in [9.17, 15) is 0 Å². The first-order valence-corrected chi connectivity index (χ1v) is 8.74. The largest absolute Gasteiger partial charge is 0.312 e. The molecule has 1 aromatic carbocycles. The number of nitrogens with one attached hydrogen (secondary N) is 1. The number of rotatable bonds is 7. The highest BCUT2D eigenvalue weighted by Gasteiger charge is 2.13. The van der Waals surface area contributed by atoms with Crippen LogP contribution < -0.4 is 5.32 Å². The van der Waals surface area contributed by atoms with Crippen molar-refractivity contribution in [3.05, 3.63) is 40.4 Å². The van der Waals surface area contributed by atoms with Gasteiger partial charge in [-0.05, 0) is 30.9 Å². The predicted octanol–water partition coefficient (Wildman–Crippen LogP) is 4.68. The van der Waals surface area contributed by atoms with Crippen LogP contribution in [0.2, 0.25) is 0 Å². The van der Waals surface area contributed by atoms with Gasteiger partial charge in [0.05, 0.1) is 5.69 Å². The van der Waals surface area contributed by atoms with Gasteiger partial charge in [0.1, 0.15) is 5.01 Å². The Kier molecular flexibility index (Phi) is 5.95. The van der Waals surface area contributed by atoms with Crippen molar-refractivity contribution in [1.82, 2.24) is 10.3 Å². The second kappa shape index (κ2) is 7.71. The summed E-state index contributed by atoms with van der Waals surface area (Å²) < 4.78 is 0. The van der Waals surface area contributed by atoms with Crippen LogP contribution in [-0.4, -0.2) is 11.5 Å². The van der Waals surface area contributed by atoms with Gasteiger partial charge in [-0.3, -0.25) is 0 Å². The average molecular weight is 302 g/mol. The van der Waals surface area contributed by atoms with Crippen LogP contribution in [0, 0.1) is 5.92 Å². The molecule has 0 saturated carbocycles. The van der Waals surface area contributed by atoms with Gasteiger partial charge in [0.2, 0.25) is 0 Å². The zero-order valence-electron chi connectivity index (χ0n) is 13.6. The monoisotopic (exact) mass is 302 g/mol. The fourth-order valence-corrected chi connectivity index (χ4v) is 3.38. The molecule has 0 bridgehead atoms. The van der Waals surface area contributed by atoms with E-state index in [1.807, 2.05) is 11.3 Å². The quantitative estimate of drug-likeness (QED) is 0.803. The predicted molar refractivity (Wildman–Crippen MR) is 92.9 cm³/mol. The third kappa shape index (κ3) is 4.39. The first-order valence-electron chi connectivity index (χ1n) is 7.92. The number of aromatic nitrogens is 1. The van der Waals surface area contributed by atoms with Crippen LogP contribution in [0.3, 0.4) is 0 Å². The number of aryl methyl sites for hydroxylation is 1. The Labute approximate surface area is 132 Å². The third-order valence-corrected chi connectivity index (χ3v) is 4.67. The highest BCUT2D eigenvalue weighted by molar-refractivity contribution is 7.15. The number of thiazole rings is 1. The summed E-state index contributed by atoms with van der Waals surface area (Å²) in [6, 6.07) is 8.83. The Morgan fingerprint density at radius 2 is 1.86 bits per heavy atom. The lowest BCUT2D eigenvalue weighted by molar-refractivity contribution is 0.628. The molecular formula is C18H26N2S. The van der Waals surface area contributed by atoms with Gasteiger partial charge in [0.25, 0.3) is 0 Å². The van der Waals surface area contributed by atoms with Gasteiger partial charge in [0.15, 0.2) is 0 Å². The van der Waals surface area contributed by atoms with Gasteiger partial charge in [0, 0.05) is 17.0 Å². The molecule has 114 valence electrons. The molecule has 0 fully saturated rings. The molecule has 2 nitrogen and oxygen atoms in total. The van der Waals surface area contributed by atoms with E-state index >= 15 is 0 Å². The van der Waals surface area contributed by atoms with E-state index in [1.165, 1.54) is 21.7 Å². The lowest BCUT2D eigenvalue weighted by atomic mass is 10.1. The first-order chi connectivity index (χ1) is 10.1. The summed E-state index contributed by atoms with van der Waals surface area (Å²) in [6.45, 7) is 10.8. The molecule has 0 radical (unpaired) electrons. The molecule has 21 heavy (non-hydrogen) atoms. The Morgan fingerprint density at radius 3 is 2.43 bits per heavy atom. The van der Waals surface area contributed by atoms with Crippen molar-refractivity contribution < 1.29 is 0 Å². The maximum atomic E-state index is 4.91. The fraction of sp³-hybridized carbons (Fsp3) is 0.500. The zero-order valence-corrected chi connectivity index (χ0v) is 14.4. The minimum atomic E-state index is 0.641. The number of hydrogen-bond donors (Lipinski definition) is 1. The lowest BCUT2D eigenvalue weighted by Gasteiger charge is -2.04. The Hall–Kier alpha value is -1.19. The molecule has 0 unspecified atom stereocenters. The van der Waals surface area contributed by atoms with Crippen LogP contribution in [-0.2, 0) is 19.4 Å². The third-order valence-electron chi connectivity index (χ3n) is 3.52. The van der Waals surface area contributed by atoms with Gasteiger partial charge < -0.3 is 5.32 Å². The standard InChI is InChI=1S/C18H26N2S/c1-5-14-7-9-15(10-8-14)18-20-16(11-13(3)4)17(21-18)12-19-6-2/h7-10,13,19H,5-6,11-12H2,1-4H3.